The molecule has 0 aliphatic heterocycles. The van der Waals surface area contributed by atoms with Crippen LogP contribution in [-0.2, 0) is 0 Å². The lowest BCUT2D eigenvalue weighted by molar-refractivity contribution is 0.237. The largest absolute Gasteiger partial charge is 0.338 e. The van der Waals surface area contributed by atoms with Crippen LogP contribution in [0, 0.1) is 5.92 Å². The van der Waals surface area contributed by atoms with Gasteiger partial charge in [0, 0.05) is 19.6 Å². The summed E-state index contributed by atoms with van der Waals surface area (Å²) in [6.07, 6.45) is 7.99. The molecule has 0 aromatic heterocycles. The number of hydrogen-bond acceptors (Lipinski definition) is 2. The number of nitrogens with one attached hydrogen (secondary N) is 2. The van der Waals surface area contributed by atoms with E-state index in [0.29, 0.717) is 6.54 Å². The van der Waals surface area contributed by atoms with Crippen LogP contribution >= 0.6 is 0 Å². The highest BCUT2D eigenvalue weighted by Gasteiger charge is 2.12. The van der Waals surface area contributed by atoms with Crippen LogP contribution in [0.4, 0.5) is 4.79 Å². The fraction of sp³-hybridized carbons (Fsp3) is 0.923. The minimum Gasteiger partial charge on any atom is -0.338 e. The molecule has 17 heavy (non-hydrogen) atoms. The zero-order valence-corrected chi connectivity index (χ0v) is 11.3. The molecular weight excluding hydrogens is 214 g/mol. The Hall–Kier alpha value is -0.770. The summed E-state index contributed by atoms with van der Waals surface area (Å²) in [6.45, 7) is 2.41. The minimum absolute atomic E-state index is 0.0253. The van der Waals surface area contributed by atoms with Gasteiger partial charge in [0.15, 0.2) is 0 Å². The molecule has 0 aromatic carbocycles. The van der Waals surface area contributed by atoms with Gasteiger partial charge in [0.1, 0.15) is 0 Å². The lowest BCUT2D eigenvalue weighted by Gasteiger charge is -2.21. The van der Waals surface area contributed by atoms with E-state index in [1.807, 2.05) is 14.1 Å². The van der Waals surface area contributed by atoms with Gasteiger partial charge in [-0.25, -0.2) is 4.79 Å². The molecule has 0 heterocycles. The van der Waals surface area contributed by atoms with Gasteiger partial charge in [0.25, 0.3) is 0 Å². The molecule has 1 aliphatic carbocycles. The number of urea groups is 1. The SMILES string of the molecule is CN(C)CCNC(=O)NCCC1CCCCC1. The predicted octanol–water partition coefficient (Wildman–Crippen LogP) is 1.82. The fourth-order valence-corrected chi connectivity index (χ4v) is 2.32. The van der Waals surface area contributed by atoms with Crippen molar-refractivity contribution in [3.8, 4) is 0 Å². The standard InChI is InChI=1S/C13H27N3O/c1-16(2)11-10-15-13(17)14-9-8-12-6-4-3-5-7-12/h12H,3-11H2,1-2H3,(H2,14,15,17). The number of amides is 2. The summed E-state index contributed by atoms with van der Waals surface area (Å²) in [5, 5.41) is 5.80. The topological polar surface area (TPSA) is 44.4 Å². The molecule has 0 bridgehead atoms. The molecule has 0 atom stereocenters. The van der Waals surface area contributed by atoms with E-state index >= 15 is 0 Å². The molecule has 0 radical (unpaired) electrons. The van der Waals surface area contributed by atoms with Gasteiger partial charge < -0.3 is 15.5 Å². The lowest BCUT2D eigenvalue weighted by atomic mass is 9.87. The van der Waals surface area contributed by atoms with Crippen molar-refractivity contribution >= 4 is 6.03 Å². The van der Waals surface area contributed by atoms with E-state index in [-0.39, 0.29) is 6.03 Å². The molecule has 4 heteroatoms. The van der Waals surface area contributed by atoms with Crippen LogP contribution in [0.5, 0.6) is 0 Å². The highest BCUT2D eigenvalue weighted by Crippen LogP contribution is 2.25. The third-order valence-corrected chi connectivity index (χ3v) is 3.41. The Labute approximate surface area is 105 Å². The van der Waals surface area contributed by atoms with Gasteiger partial charge in [-0.3, -0.25) is 0 Å². The monoisotopic (exact) mass is 241 g/mol. The first-order valence-corrected chi connectivity index (χ1v) is 6.85. The average molecular weight is 241 g/mol. The number of nitrogens with zero attached hydrogens (tertiary/aromatic N) is 1. The molecule has 4 nitrogen and oxygen atoms in total. The molecule has 2 amide bonds. The Morgan fingerprint density at radius 3 is 2.41 bits per heavy atom. The highest BCUT2D eigenvalue weighted by molar-refractivity contribution is 5.73. The average Bonchev–Trinajstić information content (AvgIpc) is 2.30. The molecule has 2 N–H and O–H groups in total. The molecular formula is C13H27N3O. The molecule has 0 saturated heterocycles. The second kappa shape index (κ2) is 8.34. The van der Waals surface area contributed by atoms with E-state index in [0.717, 1.165) is 25.4 Å². The van der Waals surface area contributed by atoms with E-state index in [2.05, 4.69) is 15.5 Å². The Bertz CT molecular complexity index is 213. The van der Waals surface area contributed by atoms with Gasteiger partial charge in [-0.2, -0.15) is 0 Å². The fourth-order valence-electron chi connectivity index (χ4n) is 2.32. The van der Waals surface area contributed by atoms with Crippen molar-refractivity contribution in [2.45, 2.75) is 38.5 Å². The summed E-state index contributed by atoms with van der Waals surface area (Å²) < 4.78 is 0. The second-order valence-corrected chi connectivity index (χ2v) is 5.28. The molecule has 1 aliphatic rings. The first-order chi connectivity index (χ1) is 8.18. The Balaban J connectivity index is 1.95. The van der Waals surface area contributed by atoms with Crippen LogP contribution in [0.25, 0.3) is 0 Å². The molecule has 1 fully saturated rings. The third kappa shape index (κ3) is 7.21. The third-order valence-electron chi connectivity index (χ3n) is 3.41. The Morgan fingerprint density at radius 2 is 1.76 bits per heavy atom. The van der Waals surface area contributed by atoms with Crippen molar-refractivity contribution < 1.29 is 4.79 Å². The summed E-state index contributed by atoms with van der Waals surface area (Å²) >= 11 is 0. The minimum atomic E-state index is -0.0253. The number of hydrogen-bond donors (Lipinski definition) is 2. The molecule has 100 valence electrons. The zero-order chi connectivity index (χ0) is 12.5. The van der Waals surface area contributed by atoms with Gasteiger partial charge in [-0.1, -0.05) is 32.1 Å². The van der Waals surface area contributed by atoms with E-state index in [9.17, 15) is 4.79 Å². The highest BCUT2D eigenvalue weighted by atomic mass is 16.2. The second-order valence-electron chi connectivity index (χ2n) is 5.28. The first kappa shape index (κ1) is 14.3. The van der Waals surface area contributed by atoms with Gasteiger partial charge in [0.05, 0.1) is 0 Å². The molecule has 0 unspecified atom stereocenters. The Kier molecular flexibility index (Phi) is 7.01. The van der Waals surface area contributed by atoms with Gasteiger partial charge in [0.2, 0.25) is 0 Å². The van der Waals surface area contributed by atoms with Crippen LogP contribution in [0.15, 0.2) is 0 Å². The van der Waals surface area contributed by atoms with Crippen molar-refractivity contribution in [3.05, 3.63) is 0 Å². The Morgan fingerprint density at radius 1 is 1.12 bits per heavy atom. The summed E-state index contributed by atoms with van der Waals surface area (Å²) in [6, 6.07) is -0.0253. The van der Waals surface area contributed by atoms with Gasteiger partial charge in [-0.05, 0) is 26.4 Å². The quantitative estimate of drug-likeness (QED) is 0.745. The van der Waals surface area contributed by atoms with E-state index < -0.39 is 0 Å². The van der Waals surface area contributed by atoms with Crippen LogP contribution in [0.3, 0.4) is 0 Å². The van der Waals surface area contributed by atoms with Crippen molar-refractivity contribution in [1.82, 2.24) is 15.5 Å². The van der Waals surface area contributed by atoms with Crippen LogP contribution in [0.2, 0.25) is 0 Å². The predicted molar refractivity (Wildman–Crippen MR) is 71.1 cm³/mol. The molecule has 1 rings (SSSR count). The number of carbonyl (C=O) groups excluding carboxylic acids is 1. The van der Waals surface area contributed by atoms with Gasteiger partial charge >= 0.3 is 6.03 Å². The lowest BCUT2D eigenvalue weighted by Crippen LogP contribution is -2.39. The van der Waals surface area contributed by atoms with E-state index in [1.165, 1.54) is 32.1 Å². The summed E-state index contributed by atoms with van der Waals surface area (Å²) in [5.74, 6) is 0.839. The molecule has 0 spiro atoms. The van der Waals surface area contributed by atoms with E-state index in [4.69, 9.17) is 0 Å². The normalized spacial score (nSPS) is 17.1. The summed E-state index contributed by atoms with van der Waals surface area (Å²) in [5.41, 5.74) is 0. The van der Waals surface area contributed by atoms with E-state index in [1.54, 1.807) is 0 Å². The maximum absolute atomic E-state index is 11.4. The maximum Gasteiger partial charge on any atom is 0.314 e. The maximum atomic E-state index is 11.4. The van der Waals surface area contributed by atoms with Crippen LogP contribution < -0.4 is 10.6 Å². The number of carbonyl (C=O) groups is 1. The van der Waals surface area contributed by atoms with Gasteiger partial charge in [-0.15, -0.1) is 0 Å². The first-order valence-electron chi connectivity index (χ1n) is 6.85. The summed E-state index contributed by atoms with van der Waals surface area (Å²) in [7, 11) is 4.01. The number of likely N-dealkylation sites (N-methyl/N-ethyl adjacent to an activating group) is 1. The van der Waals surface area contributed by atoms with Crippen LogP contribution in [-0.4, -0.2) is 44.7 Å². The number of rotatable bonds is 6. The van der Waals surface area contributed by atoms with Crippen molar-refractivity contribution in [2.75, 3.05) is 33.7 Å². The van der Waals surface area contributed by atoms with Crippen molar-refractivity contribution in [1.29, 1.82) is 0 Å². The van der Waals surface area contributed by atoms with Crippen molar-refractivity contribution in [3.63, 3.8) is 0 Å². The zero-order valence-electron chi connectivity index (χ0n) is 11.3. The molecule has 1 saturated carbocycles. The smallest absolute Gasteiger partial charge is 0.314 e. The summed E-state index contributed by atoms with van der Waals surface area (Å²) in [4.78, 5) is 13.5. The van der Waals surface area contributed by atoms with Crippen molar-refractivity contribution in [2.24, 2.45) is 5.92 Å². The van der Waals surface area contributed by atoms with Crippen LogP contribution in [0.1, 0.15) is 38.5 Å². The molecule has 0 aromatic rings.